The molecule has 1 saturated heterocycles. The fraction of sp³-hybridized carbons (Fsp3) is 0.636. The highest BCUT2D eigenvalue weighted by molar-refractivity contribution is 5.69. The number of likely N-dealkylation sites (tertiary alicyclic amines) is 1. The number of ether oxygens (including phenoxy) is 2. The molecule has 2 atom stereocenters. The lowest BCUT2D eigenvalue weighted by atomic mass is 10.00. The van der Waals surface area contributed by atoms with Crippen molar-refractivity contribution >= 4 is 12.2 Å². The van der Waals surface area contributed by atoms with Crippen molar-refractivity contribution in [3.63, 3.8) is 0 Å². The molecule has 1 aromatic carbocycles. The summed E-state index contributed by atoms with van der Waals surface area (Å²) in [7, 11) is 0. The SMILES string of the molecule is CC(C)(C)OC(=O)NC1CC(NC(=O)OC(C)(C)C)CN(Cc2ccccc2)C1. The van der Waals surface area contributed by atoms with Crippen LogP contribution in [0.3, 0.4) is 0 Å². The first-order chi connectivity index (χ1) is 13.4. The third-order valence-corrected chi connectivity index (χ3v) is 4.22. The van der Waals surface area contributed by atoms with E-state index in [0.717, 1.165) is 6.54 Å². The van der Waals surface area contributed by atoms with Gasteiger partial charge in [-0.1, -0.05) is 30.3 Å². The van der Waals surface area contributed by atoms with Gasteiger partial charge in [0.2, 0.25) is 0 Å². The minimum absolute atomic E-state index is 0.137. The van der Waals surface area contributed by atoms with E-state index >= 15 is 0 Å². The maximum absolute atomic E-state index is 12.2. The summed E-state index contributed by atoms with van der Waals surface area (Å²) < 4.78 is 10.8. The van der Waals surface area contributed by atoms with Gasteiger partial charge in [-0.25, -0.2) is 9.59 Å². The molecule has 0 aliphatic carbocycles. The lowest BCUT2D eigenvalue weighted by Crippen LogP contribution is -2.57. The number of piperidine rings is 1. The van der Waals surface area contributed by atoms with Crippen molar-refractivity contribution in [3.05, 3.63) is 35.9 Å². The van der Waals surface area contributed by atoms with Crippen molar-refractivity contribution in [3.8, 4) is 0 Å². The summed E-state index contributed by atoms with van der Waals surface area (Å²) in [5.41, 5.74) is 0.0641. The van der Waals surface area contributed by atoms with E-state index in [-0.39, 0.29) is 12.1 Å². The maximum Gasteiger partial charge on any atom is 0.407 e. The number of nitrogens with zero attached hydrogens (tertiary/aromatic N) is 1. The van der Waals surface area contributed by atoms with E-state index in [4.69, 9.17) is 9.47 Å². The third-order valence-electron chi connectivity index (χ3n) is 4.22. The predicted molar refractivity (Wildman–Crippen MR) is 113 cm³/mol. The molecule has 1 heterocycles. The highest BCUT2D eigenvalue weighted by atomic mass is 16.6. The van der Waals surface area contributed by atoms with Gasteiger partial charge in [0.05, 0.1) is 0 Å². The molecule has 2 amide bonds. The van der Waals surface area contributed by atoms with E-state index in [9.17, 15) is 9.59 Å². The molecule has 1 aliphatic rings. The predicted octanol–water partition coefficient (Wildman–Crippen LogP) is 3.68. The zero-order chi connectivity index (χ0) is 21.7. The molecule has 0 spiro atoms. The number of hydrogen-bond donors (Lipinski definition) is 2. The van der Waals surface area contributed by atoms with Crippen LogP contribution < -0.4 is 10.6 Å². The molecule has 162 valence electrons. The van der Waals surface area contributed by atoms with Crippen LogP contribution in [0.5, 0.6) is 0 Å². The molecule has 0 saturated carbocycles. The zero-order valence-corrected chi connectivity index (χ0v) is 18.5. The number of carbonyl (C=O) groups is 2. The van der Waals surface area contributed by atoms with Gasteiger partial charge in [-0.05, 0) is 53.5 Å². The van der Waals surface area contributed by atoms with Crippen molar-refractivity contribution in [2.45, 2.75) is 77.8 Å². The molecule has 2 N–H and O–H groups in total. The van der Waals surface area contributed by atoms with Crippen molar-refractivity contribution in [1.29, 1.82) is 0 Å². The third kappa shape index (κ3) is 9.17. The summed E-state index contributed by atoms with van der Waals surface area (Å²) in [5.74, 6) is 0. The van der Waals surface area contributed by atoms with Crippen molar-refractivity contribution in [2.75, 3.05) is 13.1 Å². The maximum atomic E-state index is 12.2. The second kappa shape index (κ2) is 9.48. The summed E-state index contributed by atoms with van der Waals surface area (Å²) in [6.07, 6.45) is -0.274. The van der Waals surface area contributed by atoms with Gasteiger partial charge in [0, 0.05) is 31.7 Å². The van der Waals surface area contributed by atoms with Crippen LogP contribution in [-0.4, -0.2) is 53.5 Å². The first-order valence-electron chi connectivity index (χ1n) is 10.1. The van der Waals surface area contributed by atoms with Gasteiger partial charge < -0.3 is 20.1 Å². The second-order valence-corrected chi connectivity index (χ2v) is 9.60. The molecule has 7 heteroatoms. The molecule has 2 unspecified atom stereocenters. The highest BCUT2D eigenvalue weighted by Crippen LogP contribution is 2.17. The van der Waals surface area contributed by atoms with Crippen molar-refractivity contribution in [2.24, 2.45) is 0 Å². The molecule has 29 heavy (non-hydrogen) atoms. The molecular formula is C22H35N3O4. The fourth-order valence-corrected chi connectivity index (χ4v) is 3.32. The Hall–Kier alpha value is -2.28. The number of rotatable bonds is 4. The number of amides is 2. The summed E-state index contributed by atoms with van der Waals surface area (Å²) in [5, 5.41) is 5.90. The highest BCUT2D eigenvalue weighted by Gasteiger charge is 2.31. The molecule has 0 bridgehead atoms. The summed E-state index contributed by atoms with van der Waals surface area (Å²) in [6.45, 7) is 13.1. The Morgan fingerprint density at radius 2 is 1.34 bits per heavy atom. The Labute approximate surface area is 174 Å². The molecular weight excluding hydrogens is 370 g/mol. The molecule has 0 radical (unpaired) electrons. The largest absolute Gasteiger partial charge is 0.444 e. The molecule has 2 rings (SSSR count). The van der Waals surface area contributed by atoms with Crippen molar-refractivity contribution in [1.82, 2.24) is 15.5 Å². The smallest absolute Gasteiger partial charge is 0.407 e. The summed E-state index contributed by atoms with van der Waals surface area (Å²) in [6, 6.07) is 9.87. The number of hydrogen-bond acceptors (Lipinski definition) is 5. The normalized spacial score (nSPS) is 20.6. The first-order valence-corrected chi connectivity index (χ1v) is 10.1. The lowest BCUT2D eigenvalue weighted by molar-refractivity contribution is 0.0409. The van der Waals surface area contributed by atoms with E-state index < -0.39 is 23.4 Å². The molecule has 0 aromatic heterocycles. The van der Waals surface area contributed by atoms with Gasteiger partial charge in [-0.15, -0.1) is 0 Å². The van der Waals surface area contributed by atoms with Crippen LogP contribution in [0.15, 0.2) is 30.3 Å². The van der Waals surface area contributed by atoms with Crippen LogP contribution >= 0.6 is 0 Å². The lowest BCUT2D eigenvalue weighted by Gasteiger charge is -2.38. The van der Waals surface area contributed by atoms with E-state index in [1.807, 2.05) is 59.7 Å². The van der Waals surface area contributed by atoms with Gasteiger partial charge in [0.25, 0.3) is 0 Å². The van der Waals surface area contributed by atoms with Gasteiger partial charge >= 0.3 is 12.2 Å². The topological polar surface area (TPSA) is 79.9 Å². The Balaban J connectivity index is 2.03. The van der Waals surface area contributed by atoms with Crippen LogP contribution in [-0.2, 0) is 16.0 Å². The minimum Gasteiger partial charge on any atom is -0.444 e. The van der Waals surface area contributed by atoms with Crippen LogP contribution in [0.4, 0.5) is 9.59 Å². The summed E-state index contributed by atoms with van der Waals surface area (Å²) >= 11 is 0. The van der Waals surface area contributed by atoms with Gasteiger partial charge in [-0.3, -0.25) is 4.90 Å². The monoisotopic (exact) mass is 405 g/mol. The average molecular weight is 406 g/mol. The molecule has 7 nitrogen and oxygen atoms in total. The number of carbonyl (C=O) groups excluding carboxylic acids is 2. The first kappa shape index (κ1) is 23.0. The van der Waals surface area contributed by atoms with Crippen LogP contribution in [0.25, 0.3) is 0 Å². The van der Waals surface area contributed by atoms with E-state index in [1.54, 1.807) is 0 Å². The molecule has 1 fully saturated rings. The zero-order valence-electron chi connectivity index (χ0n) is 18.5. The van der Waals surface area contributed by atoms with Gasteiger partial charge in [-0.2, -0.15) is 0 Å². The van der Waals surface area contributed by atoms with Gasteiger partial charge in [0.15, 0.2) is 0 Å². The number of benzene rings is 1. The standard InChI is InChI=1S/C22H35N3O4/c1-21(2,3)28-19(26)23-17-12-18(24-20(27)29-22(4,5)6)15-25(14-17)13-16-10-8-7-9-11-16/h7-11,17-18H,12-15H2,1-6H3,(H,23,26)(H,24,27). The van der Waals surface area contributed by atoms with E-state index in [0.29, 0.717) is 19.5 Å². The van der Waals surface area contributed by atoms with Crippen LogP contribution in [0.1, 0.15) is 53.5 Å². The number of nitrogens with one attached hydrogen (secondary N) is 2. The Kier molecular flexibility index (Phi) is 7.52. The van der Waals surface area contributed by atoms with Gasteiger partial charge in [0.1, 0.15) is 11.2 Å². The fourth-order valence-electron chi connectivity index (χ4n) is 3.32. The van der Waals surface area contributed by atoms with Crippen LogP contribution in [0.2, 0.25) is 0 Å². The van der Waals surface area contributed by atoms with Crippen LogP contribution in [0, 0.1) is 0 Å². The average Bonchev–Trinajstić information content (AvgIpc) is 2.51. The van der Waals surface area contributed by atoms with Crippen molar-refractivity contribution < 1.29 is 19.1 Å². The number of alkyl carbamates (subject to hydrolysis) is 2. The summed E-state index contributed by atoms with van der Waals surface area (Å²) in [4.78, 5) is 26.7. The minimum atomic E-state index is -0.559. The Morgan fingerprint density at radius 3 is 1.76 bits per heavy atom. The molecule has 1 aromatic rings. The van der Waals surface area contributed by atoms with E-state index in [2.05, 4.69) is 27.7 Å². The van der Waals surface area contributed by atoms with E-state index in [1.165, 1.54) is 5.56 Å². The molecule has 1 aliphatic heterocycles. The second-order valence-electron chi connectivity index (χ2n) is 9.60. The Bertz CT molecular complexity index is 642. The quantitative estimate of drug-likeness (QED) is 0.799. The Morgan fingerprint density at radius 1 is 0.897 bits per heavy atom.